The quantitative estimate of drug-likeness (QED) is 0.574. The van der Waals surface area contributed by atoms with Crippen molar-refractivity contribution < 1.29 is 17.9 Å². The topological polar surface area (TPSA) is 87.7 Å². The minimum atomic E-state index is -3.62. The van der Waals surface area contributed by atoms with E-state index < -0.39 is 10.0 Å². The first-order chi connectivity index (χ1) is 14.3. The molecule has 7 nitrogen and oxygen atoms in total. The van der Waals surface area contributed by atoms with Crippen LogP contribution in [0.25, 0.3) is 10.8 Å². The molecule has 1 amide bonds. The zero-order valence-electron chi connectivity index (χ0n) is 17.2. The van der Waals surface area contributed by atoms with Crippen LogP contribution in [-0.2, 0) is 14.8 Å². The van der Waals surface area contributed by atoms with Gasteiger partial charge < -0.3 is 15.4 Å². The normalized spacial score (nSPS) is 11.5. The first-order valence-electron chi connectivity index (χ1n) is 9.53. The zero-order chi connectivity index (χ0) is 21.7. The third-order valence-corrected chi connectivity index (χ3v) is 6.33. The Hall–Kier alpha value is -3.10. The van der Waals surface area contributed by atoms with Crippen LogP contribution < -0.4 is 15.4 Å². The van der Waals surface area contributed by atoms with Gasteiger partial charge in [0.1, 0.15) is 5.75 Å². The fourth-order valence-corrected chi connectivity index (χ4v) is 3.92. The second kappa shape index (κ2) is 9.15. The number of nitrogens with zero attached hydrogens (tertiary/aromatic N) is 1. The fraction of sp³-hybridized carbons (Fsp3) is 0.227. The minimum Gasteiger partial charge on any atom is -0.483 e. The second-order valence-corrected chi connectivity index (χ2v) is 8.99. The van der Waals surface area contributed by atoms with Crippen molar-refractivity contribution in [1.29, 1.82) is 0 Å². The van der Waals surface area contributed by atoms with Gasteiger partial charge in [0, 0.05) is 26.0 Å². The van der Waals surface area contributed by atoms with Crippen molar-refractivity contribution >= 4 is 38.1 Å². The number of ether oxygens (including phenoxy) is 1. The molecule has 0 heterocycles. The number of hydrogen-bond acceptors (Lipinski definition) is 5. The number of fused-ring (bicyclic) bond motifs is 1. The summed E-state index contributed by atoms with van der Waals surface area (Å²) in [5.74, 6) is 0.223. The molecule has 0 fully saturated rings. The van der Waals surface area contributed by atoms with Gasteiger partial charge in [-0.3, -0.25) is 4.79 Å². The van der Waals surface area contributed by atoms with Gasteiger partial charge in [-0.2, -0.15) is 0 Å². The van der Waals surface area contributed by atoms with Crippen molar-refractivity contribution in [2.75, 3.05) is 37.9 Å². The van der Waals surface area contributed by atoms with Crippen LogP contribution in [-0.4, -0.2) is 45.9 Å². The van der Waals surface area contributed by atoms with Crippen LogP contribution in [0.5, 0.6) is 5.75 Å². The Morgan fingerprint density at radius 3 is 2.47 bits per heavy atom. The van der Waals surface area contributed by atoms with Crippen molar-refractivity contribution in [3.63, 3.8) is 0 Å². The van der Waals surface area contributed by atoms with Crippen LogP contribution >= 0.6 is 0 Å². The van der Waals surface area contributed by atoms with E-state index in [0.29, 0.717) is 23.7 Å². The summed E-state index contributed by atoms with van der Waals surface area (Å²) < 4.78 is 31.7. The third kappa shape index (κ3) is 4.72. The van der Waals surface area contributed by atoms with Gasteiger partial charge in [-0.05, 0) is 36.6 Å². The summed E-state index contributed by atoms with van der Waals surface area (Å²) >= 11 is 0. The predicted molar refractivity (Wildman–Crippen MR) is 120 cm³/mol. The Bertz CT molecular complexity index is 1150. The van der Waals surface area contributed by atoms with Gasteiger partial charge in [-0.25, -0.2) is 12.7 Å². The highest BCUT2D eigenvalue weighted by Gasteiger charge is 2.19. The van der Waals surface area contributed by atoms with Gasteiger partial charge in [-0.15, -0.1) is 0 Å². The lowest BCUT2D eigenvalue weighted by atomic mass is 10.1. The Morgan fingerprint density at radius 2 is 1.73 bits per heavy atom. The Morgan fingerprint density at radius 1 is 1.00 bits per heavy atom. The van der Waals surface area contributed by atoms with E-state index in [-0.39, 0.29) is 17.4 Å². The van der Waals surface area contributed by atoms with Crippen molar-refractivity contribution in [1.82, 2.24) is 4.31 Å². The van der Waals surface area contributed by atoms with Crippen LogP contribution in [0.15, 0.2) is 65.6 Å². The third-order valence-electron chi connectivity index (χ3n) is 4.52. The summed E-state index contributed by atoms with van der Waals surface area (Å²) in [7, 11) is -0.699. The number of nitrogens with one attached hydrogen (secondary N) is 2. The molecule has 0 saturated carbocycles. The largest absolute Gasteiger partial charge is 0.483 e. The monoisotopic (exact) mass is 427 g/mol. The number of amides is 1. The molecule has 3 aromatic rings. The maximum Gasteiger partial charge on any atom is 0.262 e. The molecular formula is C22H25N3O4S. The molecule has 0 spiro atoms. The standard InChI is InChI=1S/C22H25N3O4S/c1-4-23-19-13-12-17(30(27,28)25(2)3)14-20(19)24-22(26)15-29-21-11-7-9-16-8-5-6-10-18(16)21/h5-14,23H,4,15H2,1-3H3,(H,24,26). The summed E-state index contributed by atoms with van der Waals surface area (Å²) in [6, 6.07) is 18.0. The summed E-state index contributed by atoms with van der Waals surface area (Å²) in [4.78, 5) is 12.6. The maximum atomic E-state index is 12.5. The van der Waals surface area contributed by atoms with Crippen LogP contribution in [0.3, 0.4) is 0 Å². The summed E-state index contributed by atoms with van der Waals surface area (Å²) in [6.07, 6.45) is 0. The smallest absolute Gasteiger partial charge is 0.262 e. The second-order valence-electron chi connectivity index (χ2n) is 6.84. The van der Waals surface area contributed by atoms with Crippen molar-refractivity contribution in [3.8, 4) is 5.75 Å². The molecular weight excluding hydrogens is 402 g/mol. The highest BCUT2D eigenvalue weighted by Crippen LogP contribution is 2.28. The number of benzene rings is 3. The summed E-state index contributed by atoms with van der Waals surface area (Å²) in [6.45, 7) is 2.33. The molecule has 0 aliphatic carbocycles. The average molecular weight is 428 g/mol. The lowest BCUT2D eigenvalue weighted by Gasteiger charge is -2.16. The van der Waals surface area contributed by atoms with E-state index >= 15 is 0 Å². The van der Waals surface area contributed by atoms with Crippen LogP contribution in [0.4, 0.5) is 11.4 Å². The zero-order valence-corrected chi connectivity index (χ0v) is 18.0. The molecule has 8 heteroatoms. The molecule has 3 aromatic carbocycles. The van der Waals surface area contributed by atoms with E-state index in [9.17, 15) is 13.2 Å². The highest BCUT2D eigenvalue weighted by atomic mass is 32.2. The molecule has 2 N–H and O–H groups in total. The van der Waals surface area contributed by atoms with Crippen molar-refractivity contribution in [2.45, 2.75) is 11.8 Å². The Balaban J connectivity index is 1.79. The Kier molecular flexibility index (Phi) is 6.59. The molecule has 0 aliphatic heterocycles. The molecule has 0 bridgehead atoms. The molecule has 158 valence electrons. The molecule has 0 radical (unpaired) electrons. The van der Waals surface area contributed by atoms with Gasteiger partial charge in [-0.1, -0.05) is 36.4 Å². The summed E-state index contributed by atoms with van der Waals surface area (Å²) in [5, 5.41) is 7.82. The van der Waals surface area contributed by atoms with Crippen molar-refractivity contribution in [2.24, 2.45) is 0 Å². The fourth-order valence-electron chi connectivity index (χ4n) is 2.99. The molecule has 0 aliphatic rings. The van der Waals surface area contributed by atoms with Gasteiger partial charge in [0.2, 0.25) is 10.0 Å². The SMILES string of the molecule is CCNc1ccc(S(=O)(=O)N(C)C)cc1NC(=O)COc1cccc2ccccc12. The summed E-state index contributed by atoms with van der Waals surface area (Å²) in [5.41, 5.74) is 1.01. The molecule has 0 saturated heterocycles. The van der Waals surface area contributed by atoms with E-state index in [1.807, 2.05) is 49.4 Å². The van der Waals surface area contributed by atoms with E-state index in [0.717, 1.165) is 15.1 Å². The van der Waals surface area contributed by atoms with E-state index in [4.69, 9.17) is 4.74 Å². The van der Waals surface area contributed by atoms with E-state index in [2.05, 4.69) is 10.6 Å². The minimum absolute atomic E-state index is 0.0967. The molecule has 0 aromatic heterocycles. The van der Waals surface area contributed by atoms with Crippen LogP contribution in [0.1, 0.15) is 6.92 Å². The van der Waals surface area contributed by atoms with E-state index in [1.165, 1.54) is 26.2 Å². The number of anilines is 2. The number of rotatable bonds is 8. The highest BCUT2D eigenvalue weighted by molar-refractivity contribution is 7.89. The molecule has 0 atom stereocenters. The predicted octanol–water partition coefficient (Wildman–Crippen LogP) is 3.54. The van der Waals surface area contributed by atoms with E-state index in [1.54, 1.807) is 6.07 Å². The van der Waals surface area contributed by atoms with Crippen molar-refractivity contribution in [3.05, 3.63) is 60.7 Å². The number of sulfonamides is 1. The van der Waals surface area contributed by atoms with Crippen LogP contribution in [0, 0.1) is 0 Å². The average Bonchev–Trinajstić information content (AvgIpc) is 2.73. The number of carbonyl (C=O) groups excluding carboxylic acids is 1. The number of hydrogen-bond donors (Lipinski definition) is 2. The maximum absolute atomic E-state index is 12.5. The first kappa shape index (κ1) is 21.6. The first-order valence-corrected chi connectivity index (χ1v) is 11.0. The molecule has 3 rings (SSSR count). The van der Waals surface area contributed by atoms with Gasteiger partial charge in [0.05, 0.1) is 16.3 Å². The molecule has 0 unspecified atom stereocenters. The lowest BCUT2D eigenvalue weighted by Crippen LogP contribution is -2.24. The van der Waals surface area contributed by atoms with Gasteiger partial charge in [0.15, 0.2) is 6.61 Å². The van der Waals surface area contributed by atoms with Crippen LogP contribution in [0.2, 0.25) is 0 Å². The lowest BCUT2D eigenvalue weighted by molar-refractivity contribution is -0.118. The van der Waals surface area contributed by atoms with Gasteiger partial charge in [0.25, 0.3) is 5.91 Å². The number of carbonyl (C=O) groups is 1. The van der Waals surface area contributed by atoms with Gasteiger partial charge >= 0.3 is 0 Å². The Labute approximate surface area is 176 Å². The molecule has 30 heavy (non-hydrogen) atoms.